The summed E-state index contributed by atoms with van der Waals surface area (Å²) in [7, 11) is 0. The van der Waals surface area contributed by atoms with E-state index >= 15 is 0 Å². The molecule has 0 bridgehead atoms. The van der Waals surface area contributed by atoms with Gasteiger partial charge in [0.2, 0.25) is 0 Å². The topological polar surface area (TPSA) is 69.0 Å². The molecule has 0 fully saturated rings. The van der Waals surface area contributed by atoms with Gasteiger partial charge in [0.25, 0.3) is 5.91 Å². The normalized spacial score (nSPS) is 16.3. The monoisotopic (exact) mass is 334 g/mol. The zero-order valence-corrected chi connectivity index (χ0v) is 13.8. The minimum Gasteiger partial charge on any atom is -0.363 e. The highest BCUT2D eigenvalue weighted by atomic mass is 16.5. The molecule has 0 aliphatic carbocycles. The van der Waals surface area contributed by atoms with Crippen LogP contribution < -0.4 is 5.32 Å². The quantitative estimate of drug-likeness (QED) is 0.800. The first-order chi connectivity index (χ1) is 12.2. The SMILES string of the molecule is Cc1nncn1-c1cccc(NC(=O)[C@H]2OCCc3ccccc32)c1. The molecule has 6 nitrogen and oxygen atoms in total. The zero-order valence-electron chi connectivity index (χ0n) is 13.8. The molecule has 126 valence electrons. The van der Waals surface area contributed by atoms with Crippen LogP contribution in [-0.2, 0) is 16.0 Å². The maximum atomic E-state index is 12.7. The van der Waals surface area contributed by atoms with Crippen LogP contribution in [0.15, 0.2) is 54.9 Å². The first-order valence-electron chi connectivity index (χ1n) is 8.20. The second kappa shape index (κ2) is 6.49. The lowest BCUT2D eigenvalue weighted by molar-refractivity contribution is -0.128. The maximum absolute atomic E-state index is 12.7. The number of rotatable bonds is 3. The van der Waals surface area contributed by atoms with Crippen LogP contribution in [0.5, 0.6) is 0 Å². The average molecular weight is 334 g/mol. The van der Waals surface area contributed by atoms with Crippen LogP contribution in [0.4, 0.5) is 5.69 Å². The number of fused-ring (bicyclic) bond motifs is 1. The number of hydrogen-bond donors (Lipinski definition) is 1. The molecule has 25 heavy (non-hydrogen) atoms. The fourth-order valence-electron chi connectivity index (χ4n) is 3.10. The van der Waals surface area contributed by atoms with Crippen molar-refractivity contribution in [2.75, 3.05) is 11.9 Å². The summed E-state index contributed by atoms with van der Waals surface area (Å²) in [5.41, 5.74) is 3.72. The number of carbonyl (C=O) groups excluding carboxylic acids is 1. The van der Waals surface area contributed by atoms with Gasteiger partial charge in [0.1, 0.15) is 12.2 Å². The lowest BCUT2D eigenvalue weighted by Gasteiger charge is -2.25. The Morgan fingerprint density at radius 3 is 2.96 bits per heavy atom. The number of benzene rings is 2. The predicted octanol–water partition coefficient (Wildman–Crippen LogP) is 2.83. The number of amides is 1. The summed E-state index contributed by atoms with van der Waals surface area (Å²) in [6, 6.07) is 15.5. The van der Waals surface area contributed by atoms with E-state index in [-0.39, 0.29) is 5.91 Å². The molecule has 6 heteroatoms. The van der Waals surface area contributed by atoms with Gasteiger partial charge in [-0.05, 0) is 42.7 Å². The van der Waals surface area contributed by atoms with Gasteiger partial charge in [0.05, 0.1) is 12.3 Å². The van der Waals surface area contributed by atoms with Gasteiger partial charge in [-0.2, -0.15) is 0 Å². The summed E-state index contributed by atoms with van der Waals surface area (Å²) in [5.74, 6) is 0.623. The van der Waals surface area contributed by atoms with Gasteiger partial charge in [0.15, 0.2) is 6.10 Å². The van der Waals surface area contributed by atoms with E-state index in [1.807, 2.05) is 60.0 Å². The molecule has 3 aromatic rings. The third kappa shape index (κ3) is 3.04. The van der Waals surface area contributed by atoms with Gasteiger partial charge in [0, 0.05) is 5.69 Å². The van der Waals surface area contributed by atoms with Gasteiger partial charge < -0.3 is 10.1 Å². The molecule has 1 amide bonds. The third-order valence-corrected chi connectivity index (χ3v) is 4.34. The highest BCUT2D eigenvalue weighted by Crippen LogP contribution is 2.28. The average Bonchev–Trinajstić information content (AvgIpc) is 3.07. The molecule has 2 aromatic carbocycles. The lowest BCUT2D eigenvalue weighted by atomic mass is 9.97. The van der Waals surface area contributed by atoms with Crippen molar-refractivity contribution >= 4 is 11.6 Å². The van der Waals surface area contributed by atoms with Crippen molar-refractivity contribution in [1.29, 1.82) is 0 Å². The molecule has 0 unspecified atom stereocenters. The smallest absolute Gasteiger partial charge is 0.258 e. The van der Waals surface area contributed by atoms with E-state index in [4.69, 9.17) is 4.74 Å². The number of aromatic nitrogens is 3. The number of ether oxygens (including phenoxy) is 1. The van der Waals surface area contributed by atoms with Crippen LogP contribution in [0.3, 0.4) is 0 Å². The number of anilines is 1. The summed E-state index contributed by atoms with van der Waals surface area (Å²) in [5, 5.41) is 10.8. The summed E-state index contributed by atoms with van der Waals surface area (Å²) < 4.78 is 7.59. The van der Waals surface area contributed by atoms with Gasteiger partial charge in [-0.1, -0.05) is 30.3 Å². The Kier molecular flexibility index (Phi) is 4.03. The van der Waals surface area contributed by atoms with Crippen molar-refractivity contribution in [1.82, 2.24) is 14.8 Å². The van der Waals surface area contributed by atoms with Crippen molar-refractivity contribution < 1.29 is 9.53 Å². The van der Waals surface area contributed by atoms with Gasteiger partial charge in [-0.25, -0.2) is 0 Å². The standard InChI is InChI=1S/C19H18N4O2/c1-13-22-20-12-23(13)16-7-4-6-15(11-16)21-19(24)18-17-8-3-2-5-14(17)9-10-25-18/h2-8,11-12,18H,9-10H2,1H3,(H,21,24)/t18-/m0/s1. The van der Waals surface area contributed by atoms with E-state index in [2.05, 4.69) is 15.5 Å². The van der Waals surface area contributed by atoms with Gasteiger partial charge in [-0.3, -0.25) is 9.36 Å². The van der Waals surface area contributed by atoms with E-state index < -0.39 is 6.10 Å². The van der Waals surface area contributed by atoms with Crippen LogP contribution in [0.1, 0.15) is 23.1 Å². The van der Waals surface area contributed by atoms with Crippen LogP contribution in [0, 0.1) is 6.92 Å². The summed E-state index contributed by atoms with van der Waals surface area (Å²) in [4.78, 5) is 12.7. The summed E-state index contributed by atoms with van der Waals surface area (Å²) >= 11 is 0. The lowest BCUT2D eigenvalue weighted by Crippen LogP contribution is -2.28. The van der Waals surface area contributed by atoms with Crippen molar-refractivity contribution in [3.63, 3.8) is 0 Å². The second-order valence-corrected chi connectivity index (χ2v) is 5.99. The molecule has 2 heterocycles. The molecule has 1 aromatic heterocycles. The fourth-order valence-corrected chi connectivity index (χ4v) is 3.10. The number of nitrogens with zero attached hydrogens (tertiary/aromatic N) is 3. The molecule has 0 saturated carbocycles. The van der Waals surface area contributed by atoms with Gasteiger partial charge in [-0.15, -0.1) is 10.2 Å². The van der Waals surface area contributed by atoms with Crippen LogP contribution in [0.25, 0.3) is 5.69 Å². The van der Waals surface area contributed by atoms with Crippen molar-refractivity contribution in [3.8, 4) is 5.69 Å². The van der Waals surface area contributed by atoms with Crippen molar-refractivity contribution in [2.24, 2.45) is 0 Å². The molecule has 1 aliphatic rings. The molecule has 4 rings (SSSR count). The van der Waals surface area contributed by atoms with Gasteiger partial charge >= 0.3 is 0 Å². The Hall–Kier alpha value is -2.99. The molecule has 1 aliphatic heterocycles. The maximum Gasteiger partial charge on any atom is 0.258 e. The predicted molar refractivity (Wildman–Crippen MR) is 93.6 cm³/mol. The van der Waals surface area contributed by atoms with Crippen molar-refractivity contribution in [2.45, 2.75) is 19.4 Å². The highest BCUT2D eigenvalue weighted by Gasteiger charge is 2.27. The molecule has 0 radical (unpaired) electrons. The Bertz CT molecular complexity index is 919. The first kappa shape index (κ1) is 15.5. The largest absolute Gasteiger partial charge is 0.363 e. The zero-order chi connectivity index (χ0) is 17.2. The minimum atomic E-state index is -0.578. The molecule has 1 atom stereocenters. The first-order valence-corrected chi connectivity index (χ1v) is 8.20. The van der Waals surface area contributed by atoms with E-state index in [0.717, 1.165) is 23.5 Å². The van der Waals surface area contributed by atoms with Crippen LogP contribution >= 0.6 is 0 Å². The molecular weight excluding hydrogens is 316 g/mol. The Morgan fingerprint density at radius 2 is 2.12 bits per heavy atom. The Morgan fingerprint density at radius 1 is 1.24 bits per heavy atom. The molecule has 0 spiro atoms. The number of hydrogen-bond acceptors (Lipinski definition) is 4. The highest BCUT2D eigenvalue weighted by molar-refractivity contribution is 5.95. The minimum absolute atomic E-state index is 0.162. The molecular formula is C19H18N4O2. The van der Waals surface area contributed by atoms with Crippen molar-refractivity contribution in [3.05, 3.63) is 71.8 Å². The third-order valence-electron chi connectivity index (χ3n) is 4.34. The fraction of sp³-hybridized carbons (Fsp3) is 0.211. The van der Waals surface area contributed by atoms with Crippen LogP contribution in [-0.4, -0.2) is 27.3 Å². The van der Waals surface area contributed by atoms with E-state index in [1.54, 1.807) is 6.33 Å². The van der Waals surface area contributed by atoms with Crippen LogP contribution in [0.2, 0.25) is 0 Å². The number of aryl methyl sites for hydroxylation is 1. The summed E-state index contributed by atoms with van der Waals surface area (Å²) in [6.45, 7) is 2.43. The Balaban J connectivity index is 1.57. The van der Waals surface area contributed by atoms with E-state index in [1.165, 1.54) is 5.56 Å². The number of carbonyl (C=O) groups is 1. The molecule has 0 saturated heterocycles. The molecule has 1 N–H and O–H groups in total. The number of nitrogens with one attached hydrogen (secondary N) is 1. The summed E-state index contributed by atoms with van der Waals surface area (Å²) in [6.07, 6.45) is 1.91. The van der Waals surface area contributed by atoms with E-state index in [9.17, 15) is 4.79 Å². The van der Waals surface area contributed by atoms with E-state index in [0.29, 0.717) is 12.3 Å². The second-order valence-electron chi connectivity index (χ2n) is 5.99. The Labute approximate surface area is 145 Å².